The van der Waals surface area contributed by atoms with Crippen molar-refractivity contribution in [2.75, 3.05) is 6.16 Å². The van der Waals surface area contributed by atoms with Crippen LogP contribution in [-0.2, 0) is 4.57 Å². The molecule has 1 rings (SSSR count). The average Bonchev–Trinajstić information content (AvgIpc) is 2.03. The van der Waals surface area contributed by atoms with Crippen LogP contribution in [0.1, 0.15) is 19.4 Å². The Morgan fingerprint density at radius 3 is 2.46 bits per heavy atom. The van der Waals surface area contributed by atoms with E-state index in [1.54, 1.807) is 0 Å². The van der Waals surface area contributed by atoms with Gasteiger partial charge in [0.25, 0.3) is 0 Å². The van der Waals surface area contributed by atoms with Crippen LogP contribution in [0.4, 0.5) is 0 Å². The Morgan fingerprint density at radius 2 is 1.92 bits per heavy atom. The van der Waals surface area contributed by atoms with Crippen LogP contribution in [0.2, 0.25) is 0 Å². The minimum absolute atomic E-state index is 0.503. The lowest BCUT2D eigenvalue weighted by atomic mass is 10.2. The number of hydrogen-bond donors (Lipinski definition) is 0. The SMILES string of the molecule is Cc1ccccc1[P+](=O)CC(C)C. The van der Waals surface area contributed by atoms with Gasteiger partial charge in [0.2, 0.25) is 0 Å². The molecule has 0 N–H and O–H groups in total. The fraction of sp³-hybridized carbons (Fsp3) is 0.455. The predicted octanol–water partition coefficient (Wildman–Crippen LogP) is 3.10. The van der Waals surface area contributed by atoms with E-state index in [2.05, 4.69) is 13.8 Å². The lowest BCUT2D eigenvalue weighted by Crippen LogP contribution is -2.05. The van der Waals surface area contributed by atoms with Crippen LogP contribution in [0.25, 0.3) is 0 Å². The average molecular weight is 195 g/mol. The van der Waals surface area contributed by atoms with E-state index in [4.69, 9.17) is 0 Å². The topological polar surface area (TPSA) is 17.1 Å². The molecule has 0 heterocycles. The Balaban J connectivity index is 2.83. The second-order valence-corrected chi connectivity index (χ2v) is 5.35. The first-order valence-corrected chi connectivity index (χ1v) is 6.06. The molecular formula is C11H16OP+. The molecule has 0 saturated carbocycles. The molecular weight excluding hydrogens is 179 g/mol. The Hall–Kier alpha value is -0.680. The first kappa shape index (κ1) is 10.4. The highest BCUT2D eigenvalue weighted by Gasteiger charge is 2.22. The molecule has 70 valence electrons. The zero-order valence-corrected chi connectivity index (χ0v) is 9.34. The van der Waals surface area contributed by atoms with Gasteiger partial charge in [0.1, 0.15) is 0 Å². The van der Waals surface area contributed by atoms with Crippen LogP contribution in [-0.4, -0.2) is 6.16 Å². The van der Waals surface area contributed by atoms with Crippen molar-refractivity contribution in [1.82, 2.24) is 0 Å². The van der Waals surface area contributed by atoms with E-state index in [1.807, 2.05) is 31.2 Å². The van der Waals surface area contributed by atoms with Crippen LogP contribution in [0.3, 0.4) is 0 Å². The van der Waals surface area contributed by atoms with Gasteiger partial charge in [0.15, 0.2) is 11.5 Å². The highest BCUT2D eigenvalue weighted by atomic mass is 31.1. The maximum atomic E-state index is 11.8. The first-order valence-electron chi connectivity index (χ1n) is 4.61. The summed E-state index contributed by atoms with van der Waals surface area (Å²) in [5.74, 6) is 0.503. The Kier molecular flexibility index (Phi) is 3.62. The smallest absolute Gasteiger partial charge is 0.0681 e. The summed E-state index contributed by atoms with van der Waals surface area (Å²) in [6, 6.07) is 7.92. The van der Waals surface area contributed by atoms with E-state index in [0.717, 1.165) is 17.0 Å². The Morgan fingerprint density at radius 1 is 1.31 bits per heavy atom. The lowest BCUT2D eigenvalue weighted by Gasteiger charge is -1.96. The van der Waals surface area contributed by atoms with Gasteiger partial charge in [-0.05, 0) is 18.9 Å². The van der Waals surface area contributed by atoms with Crippen molar-refractivity contribution in [2.24, 2.45) is 5.92 Å². The summed E-state index contributed by atoms with van der Waals surface area (Å²) in [6.07, 6.45) is 0.792. The largest absolute Gasteiger partial charge is 0.377 e. The van der Waals surface area contributed by atoms with Crippen LogP contribution < -0.4 is 5.30 Å². The molecule has 0 aliphatic rings. The summed E-state index contributed by atoms with van der Waals surface area (Å²) in [5, 5.41) is 1.02. The van der Waals surface area contributed by atoms with E-state index in [9.17, 15) is 4.57 Å². The van der Waals surface area contributed by atoms with Crippen molar-refractivity contribution < 1.29 is 4.57 Å². The predicted molar refractivity (Wildman–Crippen MR) is 58.1 cm³/mol. The van der Waals surface area contributed by atoms with Gasteiger partial charge in [0, 0.05) is 5.56 Å². The van der Waals surface area contributed by atoms with Gasteiger partial charge in [-0.15, -0.1) is 0 Å². The van der Waals surface area contributed by atoms with E-state index in [1.165, 1.54) is 0 Å². The van der Waals surface area contributed by atoms with Crippen molar-refractivity contribution in [3.63, 3.8) is 0 Å². The van der Waals surface area contributed by atoms with Gasteiger partial charge < -0.3 is 0 Å². The van der Waals surface area contributed by atoms with Crippen LogP contribution in [0.15, 0.2) is 24.3 Å². The standard InChI is InChI=1S/C11H16OP/c1-9(2)8-13(12)11-7-5-4-6-10(11)3/h4-7,9H,8H2,1-3H3/q+1. The molecule has 1 aromatic rings. The number of hydrogen-bond acceptors (Lipinski definition) is 1. The molecule has 0 aromatic heterocycles. The van der Waals surface area contributed by atoms with Crippen molar-refractivity contribution >= 4 is 13.1 Å². The molecule has 2 heteroatoms. The van der Waals surface area contributed by atoms with Gasteiger partial charge in [-0.3, -0.25) is 0 Å². The minimum Gasteiger partial charge on any atom is -0.0681 e. The van der Waals surface area contributed by atoms with E-state index < -0.39 is 7.80 Å². The van der Waals surface area contributed by atoms with Crippen LogP contribution in [0.5, 0.6) is 0 Å². The fourth-order valence-electron chi connectivity index (χ4n) is 1.27. The maximum absolute atomic E-state index is 11.8. The summed E-state index contributed by atoms with van der Waals surface area (Å²) < 4.78 is 11.8. The maximum Gasteiger partial charge on any atom is 0.377 e. The molecule has 0 saturated heterocycles. The zero-order valence-electron chi connectivity index (χ0n) is 8.45. The molecule has 1 aromatic carbocycles. The molecule has 0 spiro atoms. The Bertz CT molecular complexity index is 305. The monoisotopic (exact) mass is 195 g/mol. The molecule has 0 aliphatic heterocycles. The number of aryl methyl sites for hydroxylation is 1. The van der Waals surface area contributed by atoms with Gasteiger partial charge >= 0.3 is 7.80 Å². The normalized spacial score (nSPS) is 11.8. The highest BCUT2D eigenvalue weighted by molar-refractivity contribution is 7.53. The van der Waals surface area contributed by atoms with Crippen molar-refractivity contribution in [1.29, 1.82) is 0 Å². The molecule has 0 radical (unpaired) electrons. The van der Waals surface area contributed by atoms with Gasteiger partial charge in [-0.1, -0.05) is 36.6 Å². The molecule has 0 bridgehead atoms. The third-order valence-corrected chi connectivity index (χ3v) is 4.02. The van der Waals surface area contributed by atoms with Crippen molar-refractivity contribution in [3.05, 3.63) is 29.8 Å². The quantitative estimate of drug-likeness (QED) is 0.677. The van der Waals surface area contributed by atoms with Crippen LogP contribution >= 0.6 is 7.80 Å². The minimum atomic E-state index is -1.19. The summed E-state index contributed by atoms with van der Waals surface area (Å²) in [7, 11) is -1.19. The molecule has 0 aliphatic carbocycles. The lowest BCUT2D eigenvalue weighted by molar-refractivity contribution is 0.585. The van der Waals surface area contributed by atoms with Gasteiger partial charge in [-0.25, -0.2) is 0 Å². The van der Waals surface area contributed by atoms with Crippen molar-refractivity contribution in [2.45, 2.75) is 20.8 Å². The zero-order chi connectivity index (χ0) is 9.84. The summed E-state index contributed by atoms with van der Waals surface area (Å²) in [4.78, 5) is 0. The molecule has 0 fully saturated rings. The van der Waals surface area contributed by atoms with Crippen molar-refractivity contribution in [3.8, 4) is 0 Å². The summed E-state index contributed by atoms with van der Waals surface area (Å²) in [6.45, 7) is 6.22. The molecule has 1 nitrogen and oxygen atoms in total. The van der Waals surface area contributed by atoms with E-state index in [0.29, 0.717) is 5.92 Å². The number of benzene rings is 1. The van der Waals surface area contributed by atoms with E-state index in [-0.39, 0.29) is 0 Å². The third kappa shape index (κ3) is 2.93. The molecule has 1 unspecified atom stereocenters. The third-order valence-electron chi connectivity index (χ3n) is 1.92. The highest BCUT2D eigenvalue weighted by Crippen LogP contribution is 2.24. The van der Waals surface area contributed by atoms with E-state index >= 15 is 0 Å². The second-order valence-electron chi connectivity index (χ2n) is 3.74. The van der Waals surface area contributed by atoms with Crippen LogP contribution in [0, 0.1) is 12.8 Å². The molecule has 0 amide bonds. The Labute approximate surface area is 81.0 Å². The summed E-state index contributed by atoms with van der Waals surface area (Å²) in [5.41, 5.74) is 1.14. The van der Waals surface area contributed by atoms with Gasteiger partial charge in [-0.2, -0.15) is 0 Å². The second kappa shape index (κ2) is 4.53. The molecule has 1 atom stereocenters. The van der Waals surface area contributed by atoms with Gasteiger partial charge in [0.05, 0.1) is 0 Å². The fourth-order valence-corrected chi connectivity index (χ4v) is 2.85. The number of rotatable bonds is 3. The summed E-state index contributed by atoms with van der Waals surface area (Å²) >= 11 is 0. The molecule has 13 heavy (non-hydrogen) atoms. The first-order chi connectivity index (χ1) is 6.11.